The zero-order valence-corrected chi connectivity index (χ0v) is 23.7. The van der Waals surface area contributed by atoms with E-state index in [1.807, 2.05) is 36.4 Å². The van der Waals surface area contributed by atoms with Gasteiger partial charge in [-0.1, -0.05) is 72.8 Å². The Morgan fingerprint density at radius 2 is 1.65 bits per heavy atom. The normalized spacial score (nSPS) is 14.1. The predicted octanol–water partition coefficient (Wildman–Crippen LogP) is 6.53. The molecule has 0 spiro atoms. The number of terminal acetylenes is 1. The predicted molar refractivity (Wildman–Crippen MR) is 163 cm³/mol. The van der Waals surface area contributed by atoms with Gasteiger partial charge in [0.15, 0.2) is 11.5 Å². The lowest BCUT2D eigenvalue weighted by Gasteiger charge is -2.36. The summed E-state index contributed by atoms with van der Waals surface area (Å²) in [5.74, 6) is 2.99. The number of carbonyl (C=O) groups excluding carboxylic acids is 1. The van der Waals surface area contributed by atoms with Crippen LogP contribution >= 0.6 is 0 Å². The van der Waals surface area contributed by atoms with Crippen molar-refractivity contribution in [3.05, 3.63) is 107 Å². The fourth-order valence-corrected chi connectivity index (χ4v) is 4.99. The monoisotopic (exact) mass is 537 g/mol. The Hall–Kier alpha value is -4.50. The van der Waals surface area contributed by atoms with E-state index in [-0.39, 0.29) is 0 Å². The summed E-state index contributed by atoms with van der Waals surface area (Å²) in [6.45, 7) is 6.27. The summed E-state index contributed by atoms with van der Waals surface area (Å²) in [7, 11) is 1.40. The Kier molecular flexibility index (Phi) is 11.9. The van der Waals surface area contributed by atoms with Crippen LogP contribution in [0.5, 0.6) is 0 Å². The molecule has 1 fully saturated rings. The second-order valence-corrected chi connectivity index (χ2v) is 9.38. The smallest absolute Gasteiger partial charge is 0.358 e. The molecule has 2 aliphatic heterocycles. The third-order valence-corrected chi connectivity index (χ3v) is 6.79. The molecule has 0 amide bonds. The molecule has 0 bridgehead atoms. The molecule has 1 saturated heterocycles. The van der Waals surface area contributed by atoms with Gasteiger partial charge in [0.2, 0.25) is 0 Å². The van der Waals surface area contributed by atoms with Crippen LogP contribution in [0.15, 0.2) is 84.6 Å². The summed E-state index contributed by atoms with van der Waals surface area (Å²) >= 11 is 0. The average Bonchev–Trinajstić information content (AvgIpc) is 3.01. The van der Waals surface area contributed by atoms with Crippen LogP contribution in [0, 0.1) is 17.8 Å². The fourth-order valence-electron chi connectivity index (χ4n) is 4.99. The Balaban J connectivity index is 0.000000676. The lowest BCUT2D eigenvalue weighted by molar-refractivity contribution is -0.136. The number of hydrogen-bond donors (Lipinski definition) is 2. The zero-order valence-electron chi connectivity index (χ0n) is 23.7. The van der Waals surface area contributed by atoms with Gasteiger partial charge in [-0.3, -0.25) is 0 Å². The molecular formula is C34H39N3O3. The lowest BCUT2D eigenvalue weighted by Crippen LogP contribution is -2.35. The third kappa shape index (κ3) is 7.77. The van der Waals surface area contributed by atoms with Crippen molar-refractivity contribution in [1.29, 1.82) is 5.41 Å². The number of anilines is 1. The van der Waals surface area contributed by atoms with Crippen molar-refractivity contribution >= 4 is 23.6 Å². The number of rotatable bonds is 6. The molecular weight excluding hydrogens is 498 g/mol. The highest BCUT2D eigenvalue weighted by atomic mass is 16.5. The molecule has 3 aromatic carbocycles. The van der Waals surface area contributed by atoms with Crippen LogP contribution in [-0.2, 0) is 27.4 Å². The number of esters is 1. The van der Waals surface area contributed by atoms with E-state index in [0.717, 1.165) is 42.6 Å². The average molecular weight is 538 g/mol. The van der Waals surface area contributed by atoms with Gasteiger partial charge in [-0.05, 0) is 56.0 Å². The molecule has 5 rings (SSSR count). The summed E-state index contributed by atoms with van der Waals surface area (Å²) in [4.78, 5) is 15.0. The summed E-state index contributed by atoms with van der Waals surface area (Å²) in [6, 6.07) is 27.1. The molecule has 40 heavy (non-hydrogen) atoms. The maximum absolute atomic E-state index is 12.5. The van der Waals surface area contributed by atoms with E-state index in [2.05, 4.69) is 65.0 Å². The highest BCUT2D eigenvalue weighted by Crippen LogP contribution is 2.37. The van der Waals surface area contributed by atoms with Gasteiger partial charge in [0.1, 0.15) is 6.61 Å². The number of carbonyl (C=O) groups is 1. The highest BCUT2D eigenvalue weighted by molar-refractivity contribution is 5.97. The molecule has 0 radical (unpaired) electrons. The van der Waals surface area contributed by atoms with Crippen molar-refractivity contribution in [2.45, 2.75) is 45.8 Å². The van der Waals surface area contributed by atoms with Gasteiger partial charge < -0.3 is 25.1 Å². The Labute approximate surface area is 238 Å². The van der Waals surface area contributed by atoms with Gasteiger partial charge in [-0.25, -0.2) is 4.79 Å². The Morgan fingerprint density at radius 3 is 2.25 bits per heavy atom. The largest absolute Gasteiger partial charge is 0.486 e. The molecule has 0 unspecified atom stereocenters. The van der Waals surface area contributed by atoms with E-state index in [9.17, 15) is 4.79 Å². The number of nitrogens with one attached hydrogen (secondary N) is 2. The molecule has 208 valence electrons. The molecule has 6 heteroatoms. The van der Waals surface area contributed by atoms with E-state index in [0.29, 0.717) is 30.5 Å². The van der Waals surface area contributed by atoms with E-state index in [1.54, 1.807) is 13.8 Å². The summed E-state index contributed by atoms with van der Waals surface area (Å²) < 4.78 is 11.3. The fraction of sp³-hybridized carbons (Fsp3) is 0.294. The first kappa shape index (κ1) is 30.0. The molecule has 3 aromatic rings. The van der Waals surface area contributed by atoms with E-state index >= 15 is 0 Å². The van der Waals surface area contributed by atoms with Gasteiger partial charge in [0.25, 0.3) is 0 Å². The van der Waals surface area contributed by atoms with Crippen LogP contribution in [0.2, 0.25) is 0 Å². The summed E-state index contributed by atoms with van der Waals surface area (Å²) in [5.41, 5.74) is 6.19. The van der Waals surface area contributed by atoms with Gasteiger partial charge in [-0.2, -0.15) is 0 Å². The van der Waals surface area contributed by atoms with E-state index in [1.165, 1.54) is 24.6 Å². The molecule has 2 N–H and O–H groups in total. The Bertz CT molecular complexity index is 1310. The molecule has 2 aliphatic rings. The van der Waals surface area contributed by atoms with Crippen LogP contribution < -0.4 is 10.2 Å². The minimum Gasteiger partial charge on any atom is -0.486 e. The third-order valence-electron chi connectivity index (χ3n) is 6.79. The van der Waals surface area contributed by atoms with Crippen molar-refractivity contribution in [2.75, 3.05) is 25.1 Å². The first-order valence-electron chi connectivity index (χ1n) is 13.6. The molecule has 0 saturated carbocycles. The van der Waals surface area contributed by atoms with Crippen LogP contribution in [0.3, 0.4) is 0 Å². The van der Waals surface area contributed by atoms with Gasteiger partial charge >= 0.3 is 5.97 Å². The number of piperidine rings is 1. The standard InChI is InChI=1S/C29H30N2O3.C3H4.C2H5N/c1-33-29(32)27-28(34-20-21-9-4-2-5-10-21)24-13-8-14-26(25(24)19-30-27)31-17-15-23(16-18-31)22-11-6-3-7-12-22;1-3-2;1-2-3/h2-14,23,30H,15-20H2,1H3;1H,2H3;2-3H,1H3. The second-order valence-electron chi connectivity index (χ2n) is 9.38. The summed E-state index contributed by atoms with van der Waals surface area (Å²) in [5, 5.41) is 9.36. The second kappa shape index (κ2) is 15.8. The number of nitrogens with zero attached hydrogens (tertiary/aromatic N) is 1. The maximum Gasteiger partial charge on any atom is 0.358 e. The minimum absolute atomic E-state index is 0.379. The highest BCUT2D eigenvalue weighted by Gasteiger charge is 2.30. The van der Waals surface area contributed by atoms with Crippen molar-refractivity contribution in [3.63, 3.8) is 0 Å². The van der Waals surface area contributed by atoms with Crippen LogP contribution in [0.4, 0.5) is 5.69 Å². The van der Waals surface area contributed by atoms with Gasteiger partial charge in [-0.15, -0.1) is 12.3 Å². The van der Waals surface area contributed by atoms with E-state index in [4.69, 9.17) is 14.9 Å². The topological polar surface area (TPSA) is 74.6 Å². The Morgan fingerprint density at radius 1 is 1.05 bits per heavy atom. The molecule has 2 heterocycles. The summed E-state index contributed by atoms with van der Waals surface area (Å²) in [6.07, 6.45) is 8.10. The minimum atomic E-state index is -0.414. The first-order chi connectivity index (χ1) is 19.6. The first-order valence-corrected chi connectivity index (χ1v) is 13.6. The zero-order chi connectivity index (χ0) is 28.7. The quantitative estimate of drug-likeness (QED) is 0.213. The van der Waals surface area contributed by atoms with Gasteiger partial charge in [0.05, 0.1) is 7.11 Å². The molecule has 0 atom stereocenters. The van der Waals surface area contributed by atoms with Crippen molar-refractivity contribution in [3.8, 4) is 12.3 Å². The maximum atomic E-state index is 12.5. The van der Waals surface area contributed by atoms with Crippen LogP contribution in [0.1, 0.15) is 54.9 Å². The van der Waals surface area contributed by atoms with Gasteiger partial charge in [0, 0.05) is 36.4 Å². The van der Waals surface area contributed by atoms with Crippen LogP contribution in [-0.4, -0.2) is 32.4 Å². The number of methoxy groups -OCH3 is 1. The van der Waals surface area contributed by atoms with Crippen molar-refractivity contribution in [1.82, 2.24) is 5.32 Å². The van der Waals surface area contributed by atoms with E-state index < -0.39 is 5.97 Å². The molecule has 0 aromatic heterocycles. The number of hydrogen-bond acceptors (Lipinski definition) is 6. The SMILES string of the molecule is C#CC.CC=N.COC(=O)C1=C(OCc2ccccc2)c2cccc(N3CCC(c4ccccc4)CC3)c2CN1. The van der Waals surface area contributed by atoms with Crippen LogP contribution in [0.25, 0.3) is 5.76 Å². The number of benzene rings is 3. The molecule has 6 nitrogen and oxygen atoms in total. The number of fused-ring (bicyclic) bond motifs is 1. The number of ether oxygens (including phenoxy) is 2. The van der Waals surface area contributed by atoms with Crippen molar-refractivity contribution < 1.29 is 14.3 Å². The van der Waals surface area contributed by atoms with Crippen molar-refractivity contribution in [2.24, 2.45) is 0 Å². The lowest BCUT2D eigenvalue weighted by atomic mass is 9.88. The molecule has 0 aliphatic carbocycles.